The van der Waals surface area contributed by atoms with Gasteiger partial charge in [-0.25, -0.2) is 0 Å². The van der Waals surface area contributed by atoms with Gasteiger partial charge in [0.25, 0.3) is 0 Å². The molecule has 0 saturated carbocycles. The first kappa shape index (κ1) is 12.4. The monoisotopic (exact) mass is 290 g/mol. The van der Waals surface area contributed by atoms with E-state index in [0.29, 0.717) is 17.3 Å². The number of benzene rings is 2. The Balaban J connectivity index is 2.03. The Morgan fingerprint density at radius 2 is 1.79 bits per heavy atom. The summed E-state index contributed by atoms with van der Waals surface area (Å²) in [5.74, 6) is 0. The number of nitrogens with two attached hydrogens (primary N) is 1. The minimum atomic E-state index is 0.583. The van der Waals surface area contributed by atoms with Gasteiger partial charge < -0.3 is 10.3 Å². The Labute approximate surface area is 121 Å². The van der Waals surface area contributed by atoms with Crippen LogP contribution in [0.5, 0.6) is 0 Å². The van der Waals surface area contributed by atoms with Gasteiger partial charge in [0.2, 0.25) is 0 Å². The van der Waals surface area contributed by atoms with Crippen molar-refractivity contribution in [1.82, 2.24) is 4.57 Å². The summed E-state index contributed by atoms with van der Waals surface area (Å²) in [7, 11) is 0. The molecule has 0 fully saturated rings. The van der Waals surface area contributed by atoms with Crippen molar-refractivity contribution in [2.45, 2.75) is 6.54 Å². The van der Waals surface area contributed by atoms with Crippen molar-refractivity contribution in [2.75, 3.05) is 5.73 Å². The number of hydrogen-bond donors (Lipinski definition) is 1. The van der Waals surface area contributed by atoms with E-state index < -0.39 is 0 Å². The van der Waals surface area contributed by atoms with Crippen LogP contribution < -0.4 is 5.73 Å². The van der Waals surface area contributed by atoms with Crippen LogP contribution in [0.15, 0.2) is 48.7 Å². The zero-order valence-electron chi connectivity index (χ0n) is 10.1. The van der Waals surface area contributed by atoms with Crippen molar-refractivity contribution in [3.8, 4) is 0 Å². The quantitative estimate of drug-likeness (QED) is 0.688. The smallest absolute Gasteiger partial charge is 0.0661 e. The average molecular weight is 291 g/mol. The van der Waals surface area contributed by atoms with Crippen molar-refractivity contribution in [2.24, 2.45) is 0 Å². The molecule has 0 aliphatic heterocycles. The van der Waals surface area contributed by atoms with Crippen LogP contribution >= 0.6 is 23.2 Å². The van der Waals surface area contributed by atoms with Crippen LogP contribution in [-0.4, -0.2) is 4.57 Å². The summed E-state index contributed by atoms with van der Waals surface area (Å²) in [6.07, 6.45) is 1.94. The Bertz CT molecular complexity index is 747. The zero-order valence-corrected chi connectivity index (χ0v) is 11.6. The van der Waals surface area contributed by atoms with Gasteiger partial charge in [-0.1, -0.05) is 47.5 Å². The van der Waals surface area contributed by atoms with E-state index >= 15 is 0 Å². The first-order valence-electron chi connectivity index (χ1n) is 5.92. The molecule has 0 amide bonds. The number of aromatic nitrogens is 1. The fraction of sp³-hybridized carbons (Fsp3) is 0.0667. The van der Waals surface area contributed by atoms with Crippen molar-refractivity contribution in [3.63, 3.8) is 0 Å². The van der Waals surface area contributed by atoms with Gasteiger partial charge in [0.05, 0.1) is 15.7 Å². The summed E-state index contributed by atoms with van der Waals surface area (Å²) in [5, 5.41) is 2.41. The van der Waals surface area contributed by atoms with E-state index in [1.165, 1.54) is 0 Å². The molecule has 3 rings (SSSR count). The summed E-state index contributed by atoms with van der Waals surface area (Å²) in [6, 6.07) is 13.8. The molecule has 3 aromatic rings. The SMILES string of the molecule is Nc1cc(Cn2cc(Cl)c3ccccc32)ccc1Cl. The Morgan fingerprint density at radius 1 is 1.00 bits per heavy atom. The third kappa shape index (κ3) is 2.29. The summed E-state index contributed by atoms with van der Waals surface area (Å²) < 4.78 is 2.11. The predicted molar refractivity (Wildman–Crippen MR) is 81.9 cm³/mol. The van der Waals surface area contributed by atoms with Crippen LogP contribution in [0.2, 0.25) is 10.0 Å². The zero-order chi connectivity index (χ0) is 13.4. The van der Waals surface area contributed by atoms with Crippen LogP contribution in [0.1, 0.15) is 5.56 Å². The molecule has 0 spiro atoms. The minimum Gasteiger partial charge on any atom is -0.398 e. The number of halogens is 2. The van der Waals surface area contributed by atoms with Gasteiger partial charge in [-0.15, -0.1) is 0 Å². The molecule has 0 aliphatic carbocycles. The van der Waals surface area contributed by atoms with Gasteiger partial charge in [-0.3, -0.25) is 0 Å². The number of para-hydroxylation sites is 1. The molecule has 0 atom stereocenters. The molecule has 2 aromatic carbocycles. The van der Waals surface area contributed by atoms with Gasteiger partial charge in [0.15, 0.2) is 0 Å². The molecule has 2 nitrogen and oxygen atoms in total. The number of nitrogen functional groups attached to an aromatic ring is 1. The average Bonchev–Trinajstić information content (AvgIpc) is 2.72. The van der Waals surface area contributed by atoms with Crippen molar-refractivity contribution in [1.29, 1.82) is 0 Å². The van der Waals surface area contributed by atoms with Crippen molar-refractivity contribution >= 4 is 39.8 Å². The number of fused-ring (bicyclic) bond motifs is 1. The Kier molecular flexibility index (Phi) is 3.13. The molecule has 0 bridgehead atoms. The number of hydrogen-bond acceptors (Lipinski definition) is 1. The van der Waals surface area contributed by atoms with E-state index in [4.69, 9.17) is 28.9 Å². The number of rotatable bonds is 2. The van der Waals surface area contributed by atoms with Gasteiger partial charge >= 0.3 is 0 Å². The van der Waals surface area contributed by atoms with Crippen LogP contribution in [-0.2, 0) is 6.54 Å². The molecule has 4 heteroatoms. The van der Waals surface area contributed by atoms with Crippen LogP contribution in [0, 0.1) is 0 Å². The molecular formula is C15H12Cl2N2. The second-order valence-corrected chi connectivity index (χ2v) is 5.29. The Morgan fingerprint density at radius 3 is 2.58 bits per heavy atom. The maximum absolute atomic E-state index is 6.23. The van der Waals surface area contributed by atoms with E-state index in [2.05, 4.69) is 10.6 Å². The summed E-state index contributed by atoms with van der Waals surface area (Å²) in [6.45, 7) is 0.717. The van der Waals surface area contributed by atoms with Crippen LogP contribution in [0.25, 0.3) is 10.9 Å². The summed E-state index contributed by atoms with van der Waals surface area (Å²) >= 11 is 12.2. The highest BCUT2D eigenvalue weighted by molar-refractivity contribution is 6.35. The second kappa shape index (κ2) is 4.80. The molecule has 2 N–H and O–H groups in total. The first-order chi connectivity index (χ1) is 9.15. The molecule has 0 saturated heterocycles. The van der Waals surface area contributed by atoms with Crippen molar-refractivity contribution in [3.05, 3.63) is 64.3 Å². The fourth-order valence-electron chi connectivity index (χ4n) is 2.22. The highest BCUT2D eigenvalue weighted by Crippen LogP contribution is 2.27. The van der Waals surface area contributed by atoms with E-state index in [9.17, 15) is 0 Å². The predicted octanol–water partition coefficient (Wildman–Crippen LogP) is 4.58. The molecular weight excluding hydrogens is 279 g/mol. The van der Waals surface area contributed by atoms with Gasteiger partial charge in [0.1, 0.15) is 0 Å². The van der Waals surface area contributed by atoms with Crippen LogP contribution in [0.3, 0.4) is 0 Å². The molecule has 19 heavy (non-hydrogen) atoms. The van der Waals surface area contributed by atoms with Gasteiger partial charge in [0, 0.05) is 23.6 Å². The highest BCUT2D eigenvalue weighted by Gasteiger charge is 2.07. The lowest BCUT2D eigenvalue weighted by atomic mass is 10.2. The molecule has 1 heterocycles. The third-order valence-electron chi connectivity index (χ3n) is 3.15. The second-order valence-electron chi connectivity index (χ2n) is 4.48. The topological polar surface area (TPSA) is 30.9 Å². The number of anilines is 1. The van der Waals surface area contributed by atoms with E-state index in [0.717, 1.165) is 21.5 Å². The highest BCUT2D eigenvalue weighted by atomic mass is 35.5. The normalized spacial score (nSPS) is 11.1. The third-order valence-corrected chi connectivity index (χ3v) is 3.80. The number of nitrogens with zero attached hydrogens (tertiary/aromatic N) is 1. The molecule has 0 unspecified atom stereocenters. The van der Waals surface area contributed by atoms with Gasteiger partial charge in [-0.2, -0.15) is 0 Å². The molecule has 0 radical (unpaired) electrons. The molecule has 96 valence electrons. The lowest BCUT2D eigenvalue weighted by Gasteiger charge is -2.07. The maximum Gasteiger partial charge on any atom is 0.0661 e. The van der Waals surface area contributed by atoms with E-state index in [-0.39, 0.29) is 0 Å². The van der Waals surface area contributed by atoms with E-state index in [1.54, 1.807) is 0 Å². The standard InChI is InChI=1S/C15H12Cl2N2/c16-12-6-5-10(7-14(12)18)8-19-9-13(17)11-3-1-2-4-15(11)19/h1-7,9H,8,18H2. The van der Waals surface area contributed by atoms with E-state index in [1.807, 2.05) is 42.6 Å². The first-order valence-corrected chi connectivity index (χ1v) is 6.68. The van der Waals surface area contributed by atoms with Crippen molar-refractivity contribution < 1.29 is 0 Å². The van der Waals surface area contributed by atoms with Crippen LogP contribution in [0.4, 0.5) is 5.69 Å². The largest absolute Gasteiger partial charge is 0.398 e. The minimum absolute atomic E-state index is 0.583. The Hall–Kier alpha value is -1.64. The van der Waals surface area contributed by atoms with Gasteiger partial charge in [-0.05, 0) is 23.8 Å². The lowest BCUT2D eigenvalue weighted by molar-refractivity contribution is 0.837. The molecule has 0 aliphatic rings. The summed E-state index contributed by atoms with van der Waals surface area (Å²) in [5.41, 5.74) is 8.63. The summed E-state index contributed by atoms with van der Waals surface area (Å²) in [4.78, 5) is 0. The maximum atomic E-state index is 6.23. The molecule has 1 aromatic heterocycles. The lowest BCUT2D eigenvalue weighted by Crippen LogP contribution is -1.99. The fourth-order valence-corrected chi connectivity index (χ4v) is 2.62.